The average Bonchev–Trinajstić information content (AvgIpc) is 2.74. The molecule has 3 nitrogen and oxygen atoms in total. The molecule has 30 heavy (non-hydrogen) atoms. The molecular weight excluding hydrogens is 377 g/mol. The Bertz CT molecular complexity index is 1130. The van der Waals surface area contributed by atoms with E-state index in [1.165, 1.54) is 6.07 Å². The van der Waals surface area contributed by atoms with Crippen LogP contribution < -0.4 is 4.74 Å². The number of halogens is 1. The van der Waals surface area contributed by atoms with Crippen molar-refractivity contribution in [1.29, 1.82) is 0 Å². The fraction of sp³-hybridized carbons (Fsp3) is 0.231. The first-order chi connectivity index (χ1) is 14.5. The van der Waals surface area contributed by atoms with Crippen LogP contribution in [0.3, 0.4) is 0 Å². The summed E-state index contributed by atoms with van der Waals surface area (Å²) >= 11 is 0. The first-order valence-corrected chi connectivity index (χ1v) is 10.2. The van der Waals surface area contributed by atoms with Crippen molar-refractivity contribution in [1.82, 2.24) is 0 Å². The molecule has 3 aromatic carbocycles. The van der Waals surface area contributed by atoms with E-state index >= 15 is 0 Å². The molecule has 0 bridgehead atoms. The molecule has 3 aromatic rings. The fourth-order valence-corrected chi connectivity index (χ4v) is 3.93. The summed E-state index contributed by atoms with van der Waals surface area (Å²) in [6, 6.07) is 20.7. The van der Waals surface area contributed by atoms with Gasteiger partial charge in [-0.2, -0.15) is 0 Å². The molecule has 0 radical (unpaired) electrons. The van der Waals surface area contributed by atoms with Gasteiger partial charge in [-0.1, -0.05) is 56.3 Å². The Balaban J connectivity index is 1.82. The van der Waals surface area contributed by atoms with Gasteiger partial charge in [0.1, 0.15) is 12.4 Å². The van der Waals surface area contributed by atoms with Gasteiger partial charge in [0.05, 0.1) is 5.56 Å². The van der Waals surface area contributed by atoms with Gasteiger partial charge in [0.15, 0.2) is 5.75 Å². The highest BCUT2D eigenvalue weighted by atomic mass is 19.1. The Labute approximate surface area is 176 Å². The maximum absolute atomic E-state index is 13.9. The number of aryl methyl sites for hydroxylation is 1. The van der Waals surface area contributed by atoms with Crippen molar-refractivity contribution in [3.8, 4) is 5.75 Å². The third-order valence-electron chi connectivity index (χ3n) is 5.53. The number of fused-ring (bicyclic) bond motifs is 1. The normalized spacial score (nSPS) is 13.6. The molecule has 152 valence electrons. The van der Waals surface area contributed by atoms with Gasteiger partial charge in [0, 0.05) is 20.8 Å². The standard InChI is InChI=1S/C26H25FNO2/c1-17(2)22-15-28(29)26-21(25(22)20-12-13-23(27)18(3)14-20)10-7-11-24(26)30-16-19-8-5-4-6-9-19/h4-14,17H,15-16H2,1-3H3/q+1. The smallest absolute Gasteiger partial charge is 0.305 e. The van der Waals surface area contributed by atoms with Crippen LogP contribution >= 0.6 is 0 Å². The van der Waals surface area contributed by atoms with Gasteiger partial charge < -0.3 is 4.74 Å². The SMILES string of the molecule is Cc1cc(C2=C(C(C)C)C[N+](=O)c3c(OCc4ccccc4)cccc32)ccc1F. The van der Waals surface area contributed by atoms with E-state index < -0.39 is 0 Å². The quantitative estimate of drug-likeness (QED) is 0.450. The Morgan fingerprint density at radius 1 is 1.03 bits per heavy atom. The molecule has 0 aromatic heterocycles. The number of hydrogen-bond donors (Lipinski definition) is 0. The largest absolute Gasteiger partial charge is 0.482 e. The highest BCUT2D eigenvalue weighted by Crippen LogP contribution is 2.44. The second-order valence-corrected chi connectivity index (χ2v) is 7.98. The summed E-state index contributed by atoms with van der Waals surface area (Å²) < 4.78 is 21.0. The minimum atomic E-state index is -0.230. The van der Waals surface area contributed by atoms with Crippen LogP contribution in [0.4, 0.5) is 10.1 Å². The molecule has 0 N–H and O–H groups in total. The van der Waals surface area contributed by atoms with Crippen LogP contribution in [-0.4, -0.2) is 11.3 Å². The van der Waals surface area contributed by atoms with Gasteiger partial charge in [-0.3, -0.25) is 0 Å². The van der Waals surface area contributed by atoms with E-state index in [1.807, 2.05) is 54.6 Å². The first kappa shape index (κ1) is 20.0. The van der Waals surface area contributed by atoms with Crippen LogP contribution in [0.2, 0.25) is 0 Å². The number of benzene rings is 3. The molecule has 1 aliphatic rings. The Kier molecular flexibility index (Phi) is 5.49. The van der Waals surface area contributed by atoms with Crippen molar-refractivity contribution in [3.05, 3.63) is 105 Å². The van der Waals surface area contributed by atoms with E-state index in [9.17, 15) is 9.30 Å². The van der Waals surface area contributed by atoms with E-state index in [1.54, 1.807) is 13.0 Å². The lowest BCUT2D eigenvalue weighted by molar-refractivity contribution is -0.456. The Morgan fingerprint density at radius 3 is 2.50 bits per heavy atom. The molecule has 0 aliphatic carbocycles. The summed E-state index contributed by atoms with van der Waals surface area (Å²) in [6.45, 7) is 6.58. The molecule has 1 heterocycles. The molecular formula is C26H25FNO2+. The summed E-state index contributed by atoms with van der Waals surface area (Å²) in [7, 11) is 0. The highest BCUT2D eigenvalue weighted by Gasteiger charge is 2.36. The van der Waals surface area contributed by atoms with Crippen LogP contribution in [-0.2, 0) is 6.61 Å². The lowest BCUT2D eigenvalue weighted by atomic mass is 9.84. The average molecular weight is 402 g/mol. The molecule has 0 spiro atoms. The molecule has 0 amide bonds. The summed E-state index contributed by atoms with van der Waals surface area (Å²) in [5.41, 5.74) is 5.96. The fourth-order valence-electron chi connectivity index (χ4n) is 3.93. The minimum absolute atomic E-state index is 0.184. The maximum Gasteiger partial charge on any atom is 0.305 e. The summed E-state index contributed by atoms with van der Waals surface area (Å²) in [6.07, 6.45) is 0. The molecule has 0 saturated heterocycles. The molecule has 0 atom stereocenters. The van der Waals surface area contributed by atoms with Crippen molar-refractivity contribution in [3.63, 3.8) is 0 Å². The summed E-state index contributed by atoms with van der Waals surface area (Å²) in [5.74, 6) is 0.515. The van der Waals surface area contributed by atoms with Crippen LogP contribution in [0.5, 0.6) is 5.75 Å². The number of nitrogens with zero attached hydrogens (tertiary/aromatic N) is 1. The van der Waals surface area contributed by atoms with Crippen LogP contribution in [0.1, 0.15) is 36.1 Å². The van der Waals surface area contributed by atoms with E-state index in [4.69, 9.17) is 4.74 Å². The van der Waals surface area contributed by atoms with Gasteiger partial charge in [0.25, 0.3) is 0 Å². The van der Waals surface area contributed by atoms with Gasteiger partial charge >= 0.3 is 5.69 Å². The zero-order chi connectivity index (χ0) is 21.3. The van der Waals surface area contributed by atoms with E-state index in [2.05, 4.69) is 13.8 Å². The lowest BCUT2D eigenvalue weighted by Gasteiger charge is -2.22. The van der Waals surface area contributed by atoms with Crippen molar-refractivity contribution in [2.24, 2.45) is 5.92 Å². The Hall–Kier alpha value is -3.27. The van der Waals surface area contributed by atoms with Crippen molar-refractivity contribution < 1.29 is 13.9 Å². The number of ether oxygens (including phenoxy) is 1. The maximum atomic E-state index is 13.9. The molecule has 0 fully saturated rings. The summed E-state index contributed by atoms with van der Waals surface area (Å²) in [5, 5.41) is 0. The number of nitroso groups, excluding NO2 is 1. The number of hydrogen-bond acceptors (Lipinski definition) is 2. The minimum Gasteiger partial charge on any atom is -0.482 e. The predicted octanol–water partition coefficient (Wildman–Crippen LogP) is 6.60. The van der Waals surface area contributed by atoms with E-state index in [0.717, 1.165) is 32.6 Å². The van der Waals surface area contributed by atoms with Crippen LogP contribution in [0.15, 0.2) is 72.3 Å². The van der Waals surface area contributed by atoms with E-state index in [-0.39, 0.29) is 18.3 Å². The van der Waals surface area contributed by atoms with Crippen molar-refractivity contribution in [2.75, 3.05) is 6.54 Å². The zero-order valence-electron chi connectivity index (χ0n) is 17.5. The van der Waals surface area contributed by atoms with Crippen LogP contribution in [0.25, 0.3) is 5.57 Å². The number of para-hydroxylation sites is 1. The van der Waals surface area contributed by atoms with Gasteiger partial charge in [0.2, 0.25) is 6.54 Å². The van der Waals surface area contributed by atoms with Crippen molar-refractivity contribution in [2.45, 2.75) is 27.4 Å². The first-order valence-electron chi connectivity index (χ1n) is 10.2. The second-order valence-electron chi connectivity index (χ2n) is 7.98. The molecule has 1 aliphatic heterocycles. The Morgan fingerprint density at radius 2 is 1.80 bits per heavy atom. The third-order valence-corrected chi connectivity index (χ3v) is 5.53. The van der Waals surface area contributed by atoms with Gasteiger partial charge in [-0.05, 0) is 53.8 Å². The molecule has 0 unspecified atom stereocenters. The predicted molar refractivity (Wildman–Crippen MR) is 117 cm³/mol. The molecule has 0 saturated carbocycles. The second kappa shape index (κ2) is 8.23. The lowest BCUT2D eigenvalue weighted by Crippen LogP contribution is -2.20. The van der Waals surface area contributed by atoms with Gasteiger partial charge in [-0.25, -0.2) is 4.39 Å². The summed E-state index contributed by atoms with van der Waals surface area (Å²) in [4.78, 5) is 13.1. The van der Waals surface area contributed by atoms with Gasteiger partial charge in [-0.15, -0.1) is 0 Å². The topological polar surface area (TPSA) is 29.3 Å². The monoisotopic (exact) mass is 402 g/mol. The van der Waals surface area contributed by atoms with E-state index in [0.29, 0.717) is 23.6 Å². The molecule has 4 heteroatoms. The number of rotatable bonds is 5. The van der Waals surface area contributed by atoms with Crippen molar-refractivity contribution >= 4 is 11.3 Å². The highest BCUT2D eigenvalue weighted by molar-refractivity contribution is 5.89. The van der Waals surface area contributed by atoms with Crippen LogP contribution in [0, 0.1) is 23.6 Å². The zero-order valence-corrected chi connectivity index (χ0v) is 17.5. The molecule has 4 rings (SSSR count). The third kappa shape index (κ3) is 3.78.